The predicted octanol–water partition coefficient (Wildman–Crippen LogP) is 2.35. The van der Waals surface area contributed by atoms with Crippen LogP contribution in [0.4, 0.5) is 5.69 Å². The van der Waals surface area contributed by atoms with Gasteiger partial charge in [-0.3, -0.25) is 4.79 Å². The predicted molar refractivity (Wildman–Crippen MR) is 100 cm³/mol. The van der Waals surface area contributed by atoms with Gasteiger partial charge in [0.2, 0.25) is 15.9 Å². The molecule has 0 atom stereocenters. The Morgan fingerprint density at radius 3 is 2.56 bits per heavy atom. The Labute approximate surface area is 151 Å². The number of aryl methyl sites for hydroxylation is 1. The van der Waals surface area contributed by atoms with Crippen LogP contribution < -0.4 is 10.0 Å². The largest absolute Gasteiger partial charge is 0.326 e. The molecule has 6 nitrogen and oxygen atoms in total. The lowest BCUT2D eigenvalue weighted by molar-refractivity contribution is -0.114. The summed E-state index contributed by atoms with van der Waals surface area (Å²) in [4.78, 5) is 13.8. The molecule has 0 spiro atoms. The van der Waals surface area contributed by atoms with Gasteiger partial charge in [-0.25, -0.2) is 13.1 Å². The first-order valence-corrected chi connectivity index (χ1v) is 10.4. The third-order valence-corrected chi connectivity index (χ3v) is 6.17. The number of benzene rings is 1. The molecule has 2 N–H and O–H groups in total. The van der Waals surface area contributed by atoms with E-state index in [0.717, 1.165) is 38.9 Å². The van der Waals surface area contributed by atoms with Crippen molar-refractivity contribution in [2.75, 3.05) is 31.5 Å². The first-order chi connectivity index (χ1) is 11.8. The van der Waals surface area contributed by atoms with E-state index in [0.29, 0.717) is 23.7 Å². The molecule has 0 radical (unpaired) electrons. The van der Waals surface area contributed by atoms with Crippen molar-refractivity contribution in [2.45, 2.75) is 44.9 Å². The lowest BCUT2D eigenvalue weighted by Crippen LogP contribution is -2.39. The smallest absolute Gasteiger partial charge is 0.240 e. The summed E-state index contributed by atoms with van der Waals surface area (Å²) in [5, 5.41) is 2.63. The minimum absolute atomic E-state index is 0.223. The third-order valence-electron chi connectivity index (χ3n) is 4.61. The number of sulfonamides is 1. The van der Waals surface area contributed by atoms with Gasteiger partial charge in [0, 0.05) is 19.2 Å². The van der Waals surface area contributed by atoms with Gasteiger partial charge in [0.05, 0.1) is 4.90 Å². The number of carbonyl (C=O) groups is 1. The molecule has 7 heteroatoms. The Hall–Kier alpha value is -1.44. The van der Waals surface area contributed by atoms with Crippen LogP contribution >= 0.6 is 0 Å². The van der Waals surface area contributed by atoms with E-state index in [9.17, 15) is 13.2 Å². The summed E-state index contributed by atoms with van der Waals surface area (Å²) in [5.74, 6) is 0.153. The van der Waals surface area contributed by atoms with E-state index in [1.807, 2.05) is 0 Å². The lowest BCUT2D eigenvalue weighted by Gasteiger charge is -2.31. The van der Waals surface area contributed by atoms with Gasteiger partial charge < -0.3 is 10.2 Å². The normalized spacial score (nSPS) is 16.8. The van der Waals surface area contributed by atoms with Crippen molar-refractivity contribution in [3.63, 3.8) is 0 Å². The average Bonchev–Trinajstić information content (AvgIpc) is 2.56. The summed E-state index contributed by atoms with van der Waals surface area (Å²) in [7, 11) is -3.59. The van der Waals surface area contributed by atoms with E-state index >= 15 is 0 Å². The number of hydrogen-bond acceptors (Lipinski definition) is 4. The first-order valence-electron chi connectivity index (χ1n) is 8.92. The molecule has 140 valence electrons. The Morgan fingerprint density at radius 2 is 1.96 bits per heavy atom. The average molecular weight is 368 g/mol. The van der Waals surface area contributed by atoms with Crippen molar-refractivity contribution in [3.05, 3.63) is 23.8 Å². The fourth-order valence-corrected chi connectivity index (χ4v) is 4.59. The van der Waals surface area contributed by atoms with Gasteiger partial charge in [-0.05, 0) is 69.4 Å². The van der Waals surface area contributed by atoms with Crippen LogP contribution in [0, 0.1) is 12.8 Å². The minimum atomic E-state index is -3.59. The number of likely N-dealkylation sites (tertiary alicyclic amines) is 1. The highest BCUT2D eigenvalue weighted by atomic mass is 32.2. The third kappa shape index (κ3) is 5.80. The van der Waals surface area contributed by atoms with Crippen molar-refractivity contribution in [1.29, 1.82) is 0 Å². The number of carbonyl (C=O) groups excluding carboxylic acids is 1. The van der Waals surface area contributed by atoms with Crippen LogP contribution in [0.3, 0.4) is 0 Å². The second-order valence-electron chi connectivity index (χ2n) is 6.80. The standard InChI is InChI=1S/C18H29N3O3S/c1-4-9-21-10-7-16(8-11-21)13-19-25(23,24)18-12-17(20-15(3)22)6-5-14(18)2/h5-6,12,16,19H,4,7-11,13H2,1-3H3,(H,20,22). The molecule has 0 aliphatic carbocycles. The second-order valence-corrected chi connectivity index (χ2v) is 8.53. The maximum atomic E-state index is 12.7. The summed E-state index contributed by atoms with van der Waals surface area (Å²) in [6, 6.07) is 4.94. The molecular weight excluding hydrogens is 338 g/mol. The number of anilines is 1. The molecule has 1 aliphatic heterocycles. The van der Waals surface area contributed by atoms with Crippen molar-refractivity contribution in [3.8, 4) is 0 Å². The van der Waals surface area contributed by atoms with Gasteiger partial charge in [0.25, 0.3) is 0 Å². The zero-order valence-corrected chi connectivity index (χ0v) is 16.2. The zero-order valence-electron chi connectivity index (χ0n) is 15.3. The highest BCUT2D eigenvalue weighted by Crippen LogP contribution is 2.22. The highest BCUT2D eigenvalue weighted by Gasteiger charge is 2.22. The number of rotatable bonds is 7. The molecule has 1 fully saturated rings. The SMILES string of the molecule is CCCN1CCC(CNS(=O)(=O)c2cc(NC(C)=O)ccc2C)CC1. The minimum Gasteiger partial charge on any atom is -0.326 e. The van der Waals surface area contributed by atoms with E-state index in [4.69, 9.17) is 0 Å². The quantitative estimate of drug-likeness (QED) is 0.775. The monoisotopic (exact) mass is 367 g/mol. The summed E-state index contributed by atoms with van der Waals surface area (Å²) >= 11 is 0. The van der Waals surface area contributed by atoms with E-state index < -0.39 is 10.0 Å². The van der Waals surface area contributed by atoms with Gasteiger partial charge in [-0.2, -0.15) is 0 Å². The van der Waals surface area contributed by atoms with Crippen LogP contribution in [0.15, 0.2) is 23.1 Å². The Kier molecular flexibility index (Phi) is 6.98. The summed E-state index contributed by atoms with van der Waals surface area (Å²) in [6.07, 6.45) is 3.20. The first kappa shape index (κ1) is 19.9. The highest BCUT2D eigenvalue weighted by molar-refractivity contribution is 7.89. The van der Waals surface area contributed by atoms with E-state index in [2.05, 4.69) is 21.9 Å². The van der Waals surface area contributed by atoms with Crippen molar-refractivity contribution >= 4 is 21.6 Å². The van der Waals surface area contributed by atoms with Gasteiger partial charge in [0.1, 0.15) is 0 Å². The molecule has 25 heavy (non-hydrogen) atoms. The summed E-state index contributed by atoms with van der Waals surface area (Å²) in [5.41, 5.74) is 1.16. The zero-order chi connectivity index (χ0) is 18.4. The maximum Gasteiger partial charge on any atom is 0.240 e. The van der Waals surface area contributed by atoms with Crippen LogP contribution in [-0.2, 0) is 14.8 Å². The van der Waals surface area contributed by atoms with Crippen molar-refractivity contribution in [2.24, 2.45) is 5.92 Å². The number of hydrogen-bond donors (Lipinski definition) is 2. The molecule has 1 aromatic rings. The fourth-order valence-electron chi connectivity index (χ4n) is 3.21. The summed E-state index contributed by atoms with van der Waals surface area (Å²) in [6.45, 7) is 9.00. The molecule has 1 heterocycles. The molecule has 1 saturated heterocycles. The second kappa shape index (κ2) is 8.78. The maximum absolute atomic E-state index is 12.7. The van der Waals surface area contributed by atoms with Gasteiger partial charge in [0.15, 0.2) is 0 Å². The number of nitrogens with one attached hydrogen (secondary N) is 2. The topological polar surface area (TPSA) is 78.5 Å². The lowest BCUT2D eigenvalue weighted by atomic mass is 9.97. The van der Waals surface area contributed by atoms with Crippen molar-refractivity contribution in [1.82, 2.24) is 9.62 Å². The van der Waals surface area contributed by atoms with Gasteiger partial charge in [-0.15, -0.1) is 0 Å². The molecule has 1 aliphatic rings. The Balaban J connectivity index is 1.99. The molecule has 2 rings (SSSR count). The molecule has 0 aromatic heterocycles. The van der Waals surface area contributed by atoms with E-state index in [1.165, 1.54) is 13.0 Å². The molecule has 1 amide bonds. The Morgan fingerprint density at radius 1 is 1.28 bits per heavy atom. The molecule has 0 unspecified atom stereocenters. The molecule has 1 aromatic carbocycles. The van der Waals surface area contributed by atoms with Crippen LogP contribution in [0.2, 0.25) is 0 Å². The molecule has 0 saturated carbocycles. The van der Waals surface area contributed by atoms with Gasteiger partial charge in [-0.1, -0.05) is 13.0 Å². The van der Waals surface area contributed by atoms with Crippen molar-refractivity contribution < 1.29 is 13.2 Å². The van der Waals surface area contributed by atoms with E-state index in [-0.39, 0.29) is 10.8 Å². The van der Waals surface area contributed by atoms with Crippen LogP contribution in [0.5, 0.6) is 0 Å². The fraction of sp³-hybridized carbons (Fsp3) is 0.611. The van der Waals surface area contributed by atoms with Crippen LogP contribution in [0.1, 0.15) is 38.7 Å². The number of amides is 1. The van der Waals surface area contributed by atoms with E-state index in [1.54, 1.807) is 19.1 Å². The van der Waals surface area contributed by atoms with Gasteiger partial charge >= 0.3 is 0 Å². The molecular formula is C18H29N3O3S. The number of nitrogens with zero attached hydrogens (tertiary/aromatic N) is 1. The Bertz CT molecular complexity index is 696. The van der Waals surface area contributed by atoms with Crippen LogP contribution in [0.25, 0.3) is 0 Å². The molecule has 0 bridgehead atoms. The summed E-state index contributed by atoms with van der Waals surface area (Å²) < 4.78 is 28.1. The van der Waals surface area contributed by atoms with Crippen LogP contribution in [-0.4, -0.2) is 45.4 Å². The number of piperidine rings is 1.